The van der Waals surface area contributed by atoms with Crippen LogP contribution in [0.2, 0.25) is 0 Å². The molecule has 3 heteroatoms. The minimum atomic E-state index is 0.0303. The molecule has 1 saturated heterocycles. The van der Waals surface area contributed by atoms with Gasteiger partial charge in [-0.25, -0.2) is 0 Å². The number of nitrogens with zero attached hydrogens (tertiary/aromatic N) is 1. The zero-order valence-electron chi connectivity index (χ0n) is 10.5. The Morgan fingerprint density at radius 3 is 2.38 bits per heavy atom. The summed E-state index contributed by atoms with van der Waals surface area (Å²) < 4.78 is 0. The van der Waals surface area contributed by atoms with Crippen molar-refractivity contribution in [2.24, 2.45) is 5.92 Å². The van der Waals surface area contributed by atoms with Gasteiger partial charge in [0.05, 0.1) is 6.61 Å². The first-order valence-electron chi connectivity index (χ1n) is 6.84. The van der Waals surface area contributed by atoms with Crippen molar-refractivity contribution in [2.45, 2.75) is 44.6 Å². The number of hydrogen-bond donors (Lipinski definition) is 2. The third-order valence-corrected chi connectivity index (χ3v) is 4.64. The normalized spacial score (nSPS) is 28.9. The predicted molar refractivity (Wildman–Crippen MR) is 66.5 cm³/mol. The van der Waals surface area contributed by atoms with Crippen LogP contribution in [0.15, 0.2) is 0 Å². The van der Waals surface area contributed by atoms with Crippen molar-refractivity contribution < 1.29 is 5.11 Å². The molecular weight excluding hydrogens is 200 g/mol. The van der Waals surface area contributed by atoms with Crippen molar-refractivity contribution in [2.75, 3.05) is 32.8 Å². The van der Waals surface area contributed by atoms with Gasteiger partial charge in [-0.3, -0.25) is 4.90 Å². The highest BCUT2D eigenvalue weighted by Gasteiger charge is 2.39. The van der Waals surface area contributed by atoms with Gasteiger partial charge in [-0.15, -0.1) is 0 Å². The first kappa shape index (κ1) is 12.3. The molecule has 2 fully saturated rings. The molecule has 0 spiro atoms. The second-order valence-corrected chi connectivity index (χ2v) is 5.59. The lowest BCUT2D eigenvalue weighted by Crippen LogP contribution is -2.60. The molecule has 3 nitrogen and oxygen atoms in total. The number of aliphatic hydroxyl groups excluding tert-OH is 1. The van der Waals surface area contributed by atoms with Crippen LogP contribution in [0.1, 0.15) is 39.0 Å². The van der Waals surface area contributed by atoms with E-state index in [2.05, 4.69) is 17.1 Å². The topological polar surface area (TPSA) is 35.5 Å². The van der Waals surface area contributed by atoms with E-state index in [4.69, 9.17) is 0 Å². The molecule has 16 heavy (non-hydrogen) atoms. The summed E-state index contributed by atoms with van der Waals surface area (Å²) in [5.74, 6) is 0.698. The fourth-order valence-electron chi connectivity index (χ4n) is 3.39. The van der Waals surface area contributed by atoms with Gasteiger partial charge in [0.15, 0.2) is 0 Å². The van der Waals surface area contributed by atoms with Crippen molar-refractivity contribution in [3.05, 3.63) is 0 Å². The van der Waals surface area contributed by atoms with Crippen LogP contribution in [0.5, 0.6) is 0 Å². The summed E-state index contributed by atoms with van der Waals surface area (Å²) in [6.45, 7) is 6.91. The molecule has 0 aromatic heterocycles. The minimum Gasteiger partial charge on any atom is -0.394 e. The van der Waals surface area contributed by atoms with Crippen molar-refractivity contribution >= 4 is 0 Å². The summed E-state index contributed by atoms with van der Waals surface area (Å²) in [4.78, 5) is 2.51. The smallest absolute Gasteiger partial charge is 0.0615 e. The van der Waals surface area contributed by atoms with Crippen LogP contribution in [0.3, 0.4) is 0 Å². The fraction of sp³-hybridized carbons (Fsp3) is 1.00. The van der Waals surface area contributed by atoms with Crippen LogP contribution in [0.4, 0.5) is 0 Å². The molecule has 2 aliphatic rings. The van der Waals surface area contributed by atoms with E-state index in [1.165, 1.54) is 32.1 Å². The van der Waals surface area contributed by atoms with Gasteiger partial charge in [-0.2, -0.15) is 0 Å². The van der Waals surface area contributed by atoms with Crippen molar-refractivity contribution in [3.8, 4) is 0 Å². The van der Waals surface area contributed by atoms with Gasteiger partial charge >= 0.3 is 0 Å². The molecule has 1 saturated carbocycles. The van der Waals surface area contributed by atoms with E-state index in [1.807, 2.05) is 0 Å². The van der Waals surface area contributed by atoms with Crippen molar-refractivity contribution in [1.29, 1.82) is 0 Å². The van der Waals surface area contributed by atoms with Crippen LogP contribution in [0.25, 0.3) is 0 Å². The van der Waals surface area contributed by atoms with E-state index in [0.29, 0.717) is 12.5 Å². The summed E-state index contributed by atoms with van der Waals surface area (Å²) in [7, 11) is 0. The second kappa shape index (κ2) is 5.48. The molecule has 2 rings (SSSR count). The summed E-state index contributed by atoms with van der Waals surface area (Å²) in [5.41, 5.74) is 0.0303. The maximum absolute atomic E-state index is 9.83. The third-order valence-electron chi connectivity index (χ3n) is 4.64. The third kappa shape index (κ3) is 2.41. The Morgan fingerprint density at radius 2 is 1.81 bits per heavy atom. The van der Waals surface area contributed by atoms with Crippen LogP contribution < -0.4 is 5.32 Å². The van der Waals surface area contributed by atoms with Gasteiger partial charge < -0.3 is 10.4 Å². The molecule has 0 aromatic carbocycles. The Bertz CT molecular complexity index is 190. The highest BCUT2D eigenvalue weighted by Crippen LogP contribution is 2.36. The quantitative estimate of drug-likeness (QED) is 0.759. The highest BCUT2D eigenvalue weighted by molar-refractivity contribution is 4.95. The maximum Gasteiger partial charge on any atom is 0.0615 e. The van der Waals surface area contributed by atoms with Gasteiger partial charge in [-0.05, 0) is 25.7 Å². The Kier molecular flexibility index (Phi) is 4.22. The van der Waals surface area contributed by atoms with E-state index in [1.54, 1.807) is 0 Å². The number of hydrogen-bond acceptors (Lipinski definition) is 3. The lowest BCUT2D eigenvalue weighted by molar-refractivity contribution is -0.0217. The average Bonchev–Trinajstić information content (AvgIpc) is 2.40. The molecule has 2 N–H and O–H groups in total. The first-order valence-corrected chi connectivity index (χ1v) is 6.84. The van der Waals surface area contributed by atoms with Crippen LogP contribution in [0, 0.1) is 5.92 Å². The van der Waals surface area contributed by atoms with Gasteiger partial charge in [0.25, 0.3) is 0 Å². The molecule has 0 aromatic rings. The van der Waals surface area contributed by atoms with Gasteiger partial charge in [-0.1, -0.05) is 19.3 Å². The van der Waals surface area contributed by atoms with E-state index in [9.17, 15) is 5.11 Å². The zero-order valence-corrected chi connectivity index (χ0v) is 10.5. The van der Waals surface area contributed by atoms with Crippen molar-refractivity contribution in [1.82, 2.24) is 10.2 Å². The van der Waals surface area contributed by atoms with E-state index < -0.39 is 0 Å². The SMILES string of the molecule is CC(CO)(C1CCCCC1)N1CCNCC1. The van der Waals surface area contributed by atoms with Crippen LogP contribution >= 0.6 is 0 Å². The average molecular weight is 226 g/mol. The molecule has 1 atom stereocenters. The second-order valence-electron chi connectivity index (χ2n) is 5.59. The number of nitrogens with one attached hydrogen (secondary N) is 1. The standard InChI is InChI=1S/C13H26N2O/c1-13(11-16,12-5-3-2-4-6-12)15-9-7-14-8-10-15/h12,14,16H,2-11H2,1H3. The van der Waals surface area contributed by atoms with E-state index in [0.717, 1.165) is 26.2 Å². The lowest BCUT2D eigenvalue weighted by atomic mass is 9.75. The van der Waals surface area contributed by atoms with Gasteiger partial charge in [0.2, 0.25) is 0 Å². The van der Waals surface area contributed by atoms with Crippen LogP contribution in [-0.2, 0) is 0 Å². The molecule has 94 valence electrons. The predicted octanol–water partition coefficient (Wildman–Crippen LogP) is 1.22. The molecule has 1 heterocycles. The van der Waals surface area contributed by atoms with E-state index in [-0.39, 0.29) is 5.54 Å². The molecule has 1 aliphatic heterocycles. The summed E-state index contributed by atoms with van der Waals surface area (Å²) >= 11 is 0. The van der Waals surface area contributed by atoms with Gasteiger partial charge in [0.1, 0.15) is 0 Å². The maximum atomic E-state index is 9.83. The Morgan fingerprint density at radius 1 is 1.19 bits per heavy atom. The molecule has 0 radical (unpaired) electrons. The monoisotopic (exact) mass is 226 g/mol. The Labute approximate surface area is 99.2 Å². The Balaban J connectivity index is 2.03. The zero-order chi connectivity index (χ0) is 11.4. The minimum absolute atomic E-state index is 0.0303. The first-order chi connectivity index (χ1) is 7.77. The molecule has 1 unspecified atom stereocenters. The number of aliphatic hydroxyl groups is 1. The highest BCUT2D eigenvalue weighted by atomic mass is 16.3. The summed E-state index contributed by atoms with van der Waals surface area (Å²) in [6, 6.07) is 0. The summed E-state index contributed by atoms with van der Waals surface area (Å²) in [5, 5.41) is 13.2. The molecule has 0 amide bonds. The lowest BCUT2D eigenvalue weighted by Gasteiger charge is -2.48. The van der Waals surface area contributed by atoms with Crippen molar-refractivity contribution in [3.63, 3.8) is 0 Å². The molecule has 0 bridgehead atoms. The fourth-order valence-corrected chi connectivity index (χ4v) is 3.39. The number of piperazine rings is 1. The molecule has 1 aliphatic carbocycles. The number of rotatable bonds is 3. The van der Waals surface area contributed by atoms with Crippen LogP contribution in [-0.4, -0.2) is 48.3 Å². The summed E-state index contributed by atoms with van der Waals surface area (Å²) in [6.07, 6.45) is 6.71. The van der Waals surface area contributed by atoms with Gasteiger partial charge in [0, 0.05) is 31.7 Å². The molecular formula is C13H26N2O. The Hall–Kier alpha value is -0.120. The van der Waals surface area contributed by atoms with E-state index >= 15 is 0 Å². The largest absolute Gasteiger partial charge is 0.394 e.